The molecule has 1 fully saturated rings. The van der Waals surface area contributed by atoms with Crippen molar-refractivity contribution in [2.75, 3.05) is 19.8 Å². The molecule has 4 rings (SSSR count). The SMILES string of the molecule is O=S(=O)(c1ccc(Cl)s1)N1CCC[C@H]1c1ccc2c(c1)OCCO2. The van der Waals surface area contributed by atoms with E-state index in [1.165, 1.54) is 0 Å². The van der Waals surface area contributed by atoms with Gasteiger partial charge in [0.05, 0.1) is 10.4 Å². The standard InChI is InChI=1S/C16H16ClNO4S2/c17-15-5-6-16(23-15)24(19,20)18-7-1-2-12(18)11-3-4-13-14(10-11)22-9-8-21-13/h3-6,10,12H,1-2,7-9H2/t12-/m0/s1. The number of fused-ring (bicyclic) bond motifs is 1. The van der Waals surface area contributed by atoms with Crippen LogP contribution in [0.2, 0.25) is 4.34 Å². The maximum Gasteiger partial charge on any atom is 0.253 e. The second kappa shape index (κ2) is 6.22. The molecule has 8 heteroatoms. The first-order valence-electron chi connectivity index (χ1n) is 7.72. The first-order chi connectivity index (χ1) is 11.6. The highest BCUT2D eigenvalue weighted by atomic mass is 35.5. The van der Waals surface area contributed by atoms with Gasteiger partial charge in [-0.3, -0.25) is 0 Å². The number of rotatable bonds is 3. The molecular weight excluding hydrogens is 370 g/mol. The Hall–Kier alpha value is -1.28. The van der Waals surface area contributed by atoms with Crippen molar-refractivity contribution >= 4 is 33.0 Å². The monoisotopic (exact) mass is 385 g/mol. The second-order valence-electron chi connectivity index (χ2n) is 5.74. The lowest BCUT2D eigenvalue weighted by molar-refractivity contribution is 0.171. The minimum absolute atomic E-state index is 0.188. The van der Waals surface area contributed by atoms with Gasteiger partial charge in [0.1, 0.15) is 17.4 Å². The lowest BCUT2D eigenvalue weighted by Gasteiger charge is -2.25. The molecule has 2 aliphatic heterocycles. The molecule has 1 atom stereocenters. The molecule has 2 aromatic rings. The van der Waals surface area contributed by atoms with Gasteiger partial charge in [-0.25, -0.2) is 8.42 Å². The molecule has 3 heterocycles. The molecule has 0 amide bonds. The van der Waals surface area contributed by atoms with E-state index in [2.05, 4.69) is 0 Å². The van der Waals surface area contributed by atoms with Gasteiger partial charge in [0, 0.05) is 6.54 Å². The van der Waals surface area contributed by atoms with Crippen LogP contribution in [0.15, 0.2) is 34.5 Å². The molecule has 0 aliphatic carbocycles. The quantitative estimate of drug-likeness (QED) is 0.808. The maximum absolute atomic E-state index is 12.9. The van der Waals surface area contributed by atoms with Crippen molar-refractivity contribution in [2.24, 2.45) is 0 Å². The summed E-state index contributed by atoms with van der Waals surface area (Å²) in [5, 5.41) is 0. The average molecular weight is 386 g/mol. The van der Waals surface area contributed by atoms with Crippen LogP contribution in [0.1, 0.15) is 24.4 Å². The van der Waals surface area contributed by atoms with E-state index in [1.807, 2.05) is 18.2 Å². The van der Waals surface area contributed by atoms with E-state index < -0.39 is 10.0 Å². The Morgan fingerprint density at radius 2 is 1.92 bits per heavy atom. The highest BCUT2D eigenvalue weighted by molar-refractivity contribution is 7.91. The largest absolute Gasteiger partial charge is 0.486 e. The van der Waals surface area contributed by atoms with Crippen molar-refractivity contribution in [3.8, 4) is 11.5 Å². The summed E-state index contributed by atoms with van der Waals surface area (Å²) in [5.41, 5.74) is 0.933. The van der Waals surface area contributed by atoms with Crippen LogP contribution in [0.5, 0.6) is 11.5 Å². The van der Waals surface area contributed by atoms with Crippen LogP contribution in [-0.2, 0) is 10.0 Å². The summed E-state index contributed by atoms with van der Waals surface area (Å²) < 4.78 is 39.4. The van der Waals surface area contributed by atoms with Crippen molar-refractivity contribution < 1.29 is 17.9 Å². The molecule has 5 nitrogen and oxygen atoms in total. The third kappa shape index (κ3) is 2.79. The number of hydrogen-bond acceptors (Lipinski definition) is 5. The fraction of sp³-hybridized carbons (Fsp3) is 0.375. The minimum Gasteiger partial charge on any atom is -0.486 e. The summed E-state index contributed by atoms with van der Waals surface area (Å²) in [7, 11) is -3.54. The Kier molecular flexibility index (Phi) is 4.20. The van der Waals surface area contributed by atoms with Crippen LogP contribution in [-0.4, -0.2) is 32.5 Å². The summed E-state index contributed by atoms with van der Waals surface area (Å²) in [4.78, 5) is 0. The molecule has 0 saturated carbocycles. The van der Waals surface area contributed by atoms with Crippen molar-refractivity contribution in [1.82, 2.24) is 4.31 Å². The average Bonchev–Trinajstić information content (AvgIpc) is 3.24. The fourth-order valence-electron chi connectivity index (χ4n) is 3.18. The first kappa shape index (κ1) is 16.2. The van der Waals surface area contributed by atoms with E-state index in [-0.39, 0.29) is 10.3 Å². The van der Waals surface area contributed by atoms with E-state index in [9.17, 15) is 8.42 Å². The maximum atomic E-state index is 12.9. The molecular formula is C16H16ClNO4S2. The predicted octanol–water partition coefficient (Wildman–Crippen LogP) is 3.70. The number of nitrogens with zero attached hydrogens (tertiary/aromatic N) is 1. The van der Waals surface area contributed by atoms with Crippen molar-refractivity contribution in [3.63, 3.8) is 0 Å². The highest BCUT2D eigenvalue weighted by Crippen LogP contribution is 2.41. The van der Waals surface area contributed by atoms with Crippen molar-refractivity contribution in [3.05, 3.63) is 40.2 Å². The number of benzene rings is 1. The van der Waals surface area contributed by atoms with Gasteiger partial charge in [-0.15, -0.1) is 11.3 Å². The Morgan fingerprint density at radius 3 is 2.67 bits per heavy atom. The molecule has 0 spiro atoms. The number of thiophene rings is 1. The molecule has 128 valence electrons. The lowest BCUT2D eigenvalue weighted by atomic mass is 10.0. The smallest absolute Gasteiger partial charge is 0.253 e. The summed E-state index contributed by atoms with van der Waals surface area (Å²) in [5.74, 6) is 1.39. The van der Waals surface area contributed by atoms with Gasteiger partial charge in [0.2, 0.25) is 0 Å². The normalized spacial score (nSPS) is 21.1. The van der Waals surface area contributed by atoms with Crippen LogP contribution in [0.4, 0.5) is 0 Å². The molecule has 1 aromatic heterocycles. The summed E-state index contributed by atoms with van der Waals surface area (Å²) in [6, 6.07) is 8.68. The van der Waals surface area contributed by atoms with Crippen LogP contribution in [0.25, 0.3) is 0 Å². The number of halogens is 1. The minimum atomic E-state index is -3.54. The van der Waals surface area contributed by atoms with Gasteiger partial charge >= 0.3 is 0 Å². The van der Waals surface area contributed by atoms with Crippen LogP contribution in [0, 0.1) is 0 Å². The zero-order valence-electron chi connectivity index (χ0n) is 12.8. The number of ether oxygens (including phenoxy) is 2. The van der Waals surface area contributed by atoms with E-state index in [4.69, 9.17) is 21.1 Å². The molecule has 24 heavy (non-hydrogen) atoms. The van der Waals surface area contributed by atoms with Crippen LogP contribution >= 0.6 is 22.9 Å². The number of sulfonamides is 1. The third-order valence-corrected chi connectivity index (χ3v) is 7.87. The third-order valence-electron chi connectivity index (χ3n) is 4.27. The Morgan fingerprint density at radius 1 is 1.12 bits per heavy atom. The van der Waals surface area contributed by atoms with Crippen LogP contribution in [0.3, 0.4) is 0 Å². The molecule has 1 aromatic carbocycles. The summed E-state index contributed by atoms with van der Waals surface area (Å²) in [6.45, 7) is 1.56. The first-order valence-corrected chi connectivity index (χ1v) is 10.4. The fourth-order valence-corrected chi connectivity index (χ4v) is 6.47. The van der Waals surface area contributed by atoms with Gasteiger partial charge in [0.25, 0.3) is 10.0 Å². The van der Waals surface area contributed by atoms with Gasteiger partial charge < -0.3 is 9.47 Å². The van der Waals surface area contributed by atoms with E-state index in [0.717, 1.165) is 29.7 Å². The van der Waals surface area contributed by atoms with Gasteiger partial charge in [-0.1, -0.05) is 17.7 Å². The molecule has 0 unspecified atom stereocenters. The molecule has 0 N–H and O–H groups in total. The topological polar surface area (TPSA) is 55.8 Å². The van der Waals surface area contributed by atoms with Crippen molar-refractivity contribution in [1.29, 1.82) is 0 Å². The van der Waals surface area contributed by atoms with Crippen LogP contribution < -0.4 is 9.47 Å². The second-order valence-corrected chi connectivity index (χ2v) is 9.57. The lowest BCUT2D eigenvalue weighted by Crippen LogP contribution is -2.30. The molecule has 0 bridgehead atoms. The Labute approximate surface area is 149 Å². The zero-order valence-corrected chi connectivity index (χ0v) is 15.2. The Balaban J connectivity index is 1.68. The van der Waals surface area contributed by atoms with Gasteiger partial charge in [-0.2, -0.15) is 4.31 Å². The molecule has 2 aliphatic rings. The van der Waals surface area contributed by atoms with Gasteiger partial charge in [0.15, 0.2) is 11.5 Å². The summed E-state index contributed by atoms with van der Waals surface area (Å²) in [6.07, 6.45) is 1.62. The van der Waals surface area contributed by atoms with E-state index in [1.54, 1.807) is 16.4 Å². The number of hydrogen-bond donors (Lipinski definition) is 0. The highest BCUT2D eigenvalue weighted by Gasteiger charge is 2.37. The van der Waals surface area contributed by atoms with Crippen molar-refractivity contribution in [2.45, 2.75) is 23.1 Å². The molecule has 1 saturated heterocycles. The summed E-state index contributed by atoms with van der Waals surface area (Å²) >= 11 is 7.00. The zero-order chi connectivity index (χ0) is 16.7. The van der Waals surface area contributed by atoms with E-state index in [0.29, 0.717) is 35.6 Å². The van der Waals surface area contributed by atoms with Gasteiger partial charge in [-0.05, 0) is 42.7 Å². The predicted molar refractivity (Wildman–Crippen MR) is 92.6 cm³/mol. The van der Waals surface area contributed by atoms with E-state index >= 15 is 0 Å². The molecule has 0 radical (unpaired) electrons. The Bertz CT molecular complexity index is 865.